The molecule has 5 rings (SSSR count). The molecule has 6 nitrogen and oxygen atoms in total. The van der Waals surface area contributed by atoms with Crippen molar-refractivity contribution in [3.05, 3.63) is 70.8 Å². The molecule has 0 aliphatic carbocycles. The first-order valence-electron chi connectivity index (χ1n) is 9.60. The number of H-pyrrole nitrogens is 1. The predicted molar refractivity (Wildman–Crippen MR) is 109 cm³/mol. The first-order chi connectivity index (χ1) is 13.7. The Hall–Kier alpha value is -3.41. The Bertz CT molecular complexity index is 1250. The smallest absolute Gasteiger partial charge is 0.257 e. The number of aromatic nitrogens is 3. The van der Waals surface area contributed by atoms with Gasteiger partial charge in [-0.1, -0.05) is 12.1 Å². The summed E-state index contributed by atoms with van der Waals surface area (Å²) in [5, 5.41) is 6.03. The van der Waals surface area contributed by atoms with Gasteiger partial charge in [-0.3, -0.25) is 9.59 Å². The van der Waals surface area contributed by atoms with Crippen LogP contribution in [0, 0.1) is 0 Å². The van der Waals surface area contributed by atoms with Gasteiger partial charge in [0.25, 0.3) is 11.5 Å². The Morgan fingerprint density at radius 1 is 1.04 bits per heavy atom. The molecule has 4 heterocycles. The molecular weight excluding hydrogens is 352 g/mol. The molecule has 0 radical (unpaired) electrons. The largest absolute Gasteiger partial charge is 0.339 e. The lowest BCUT2D eigenvalue weighted by Crippen LogP contribution is -2.35. The van der Waals surface area contributed by atoms with Crippen LogP contribution >= 0.6 is 0 Å². The molecule has 28 heavy (non-hydrogen) atoms. The van der Waals surface area contributed by atoms with Crippen LogP contribution < -0.4 is 5.56 Å². The molecule has 0 bridgehead atoms. The molecule has 4 aromatic rings. The highest BCUT2D eigenvalue weighted by Gasteiger charge is 2.22. The third kappa shape index (κ3) is 2.69. The van der Waals surface area contributed by atoms with Gasteiger partial charge < -0.3 is 9.88 Å². The van der Waals surface area contributed by atoms with Gasteiger partial charge in [-0.2, -0.15) is 5.10 Å². The second-order valence-electron chi connectivity index (χ2n) is 7.23. The third-order valence-corrected chi connectivity index (χ3v) is 5.49. The number of amides is 1. The molecule has 1 saturated heterocycles. The molecule has 1 amide bonds. The van der Waals surface area contributed by atoms with E-state index in [1.54, 1.807) is 12.4 Å². The minimum absolute atomic E-state index is 0.0527. The Morgan fingerprint density at radius 2 is 1.89 bits per heavy atom. The van der Waals surface area contributed by atoms with Gasteiger partial charge in [0.15, 0.2) is 0 Å². The van der Waals surface area contributed by atoms with Crippen molar-refractivity contribution in [3.63, 3.8) is 0 Å². The Kier molecular flexibility index (Phi) is 3.97. The van der Waals surface area contributed by atoms with Crippen molar-refractivity contribution in [2.75, 3.05) is 13.1 Å². The molecule has 1 fully saturated rings. The van der Waals surface area contributed by atoms with Crippen LogP contribution in [0.3, 0.4) is 0 Å². The van der Waals surface area contributed by atoms with E-state index in [1.165, 1.54) is 6.42 Å². The van der Waals surface area contributed by atoms with Crippen molar-refractivity contribution in [2.45, 2.75) is 19.3 Å². The quantitative estimate of drug-likeness (QED) is 0.586. The maximum absolute atomic E-state index is 13.0. The van der Waals surface area contributed by atoms with Crippen LogP contribution in [0.4, 0.5) is 0 Å². The molecule has 1 aliphatic heterocycles. The maximum atomic E-state index is 13.0. The van der Waals surface area contributed by atoms with E-state index in [2.05, 4.69) is 10.1 Å². The lowest BCUT2D eigenvalue weighted by molar-refractivity contribution is 0.0726. The molecule has 6 heteroatoms. The fraction of sp³-hybridized carbons (Fsp3) is 0.227. The normalized spacial score (nSPS) is 14.6. The molecule has 1 aromatic carbocycles. The summed E-state index contributed by atoms with van der Waals surface area (Å²) in [6.07, 6.45) is 6.63. The predicted octanol–water partition coefficient (Wildman–Crippen LogP) is 3.47. The standard InChI is InChI=1S/C22H20N4O2/c27-21-17-8-7-16(13-15(17)9-10-23-21)19-5-4-6-20-18(14-24-26(19)20)22(28)25-11-2-1-3-12-25/h4-10,13-14H,1-3,11-12H2,(H,23,27). The zero-order valence-electron chi connectivity index (χ0n) is 15.4. The SMILES string of the molecule is O=C(c1cnn2c(-c3ccc4c(=O)[nH]ccc4c3)cccc12)N1CCCCC1. The van der Waals surface area contributed by atoms with Gasteiger partial charge in [0.1, 0.15) is 0 Å². The van der Waals surface area contributed by atoms with Crippen molar-refractivity contribution >= 4 is 22.2 Å². The monoisotopic (exact) mass is 372 g/mol. The Balaban J connectivity index is 1.61. The van der Waals surface area contributed by atoms with Gasteiger partial charge in [-0.05, 0) is 55.0 Å². The molecule has 3 aromatic heterocycles. The van der Waals surface area contributed by atoms with Crippen LogP contribution in [-0.4, -0.2) is 38.5 Å². The van der Waals surface area contributed by atoms with Crippen LogP contribution in [0.2, 0.25) is 0 Å². The van der Waals surface area contributed by atoms with Crippen molar-refractivity contribution in [3.8, 4) is 11.3 Å². The summed E-state index contributed by atoms with van der Waals surface area (Å²) < 4.78 is 1.81. The average Bonchev–Trinajstić information content (AvgIpc) is 3.18. The number of likely N-dealkylation sites (tertiary alicyclic amines) is 1. The highest BCUT2D eigenvalue weighted by Crippen LogP contribution is 2.26. The zero-order chi connectivity index (χ0) is 19.1. The number of pyridine rings is 2. The topological polar surface area (TPSA) is 70.5 Å². The molecule has 0 spiro atoms. The second-order valence-corrected chi connectivity index (χ2v) is 7.23. The number of fused-ring (bicyclic) bond motifs is 2. The second kappa shape index (κ2) is 6.64. The molecular formula is C22H20N4O2. The van der Waals surface area contributed by atoms with E-state index < -0.39 is 0 Å². The fourth-order valence-corrected chi connectivity index (χ4v) is 4.01. The maximum Gasteiger partial charge on any atom is 0.257 e. The molecule has 0 saturated carbocycles. The van der Waals surface area contributed by atoms with Gasteiger partial charge in [-0.25, -0.2) is 4.52 Å². The Labute approximate surface area is 161 Å². The number of rotatable bonds is 2. The van der Waals surface area contributed by atoms with Crippen molar-refractivity contribution < 1.29 is 4.79 Å². The summed E-state index contributed by atoms with van der Waals surface area (Å²) in [5.74, 6) is 0.0527. The summed E-state index contributed by atoms with van der Waals surface area (Å²) in [6, 6.07) is 13.5. The van der Waals surface area contributed by atoms with Gasteiger partial charge in [-0.15, -0.1) is 0 Å². The minimum atomic E-state index is -0.101. The number of nitrogens with one attached hydrogen (secondary N) is 1. The zero-order valence-corrected chi connectivity index (χ0v) is 15.4. The lowest BCUT2D eigenvalue weighted by Gasteiger charge is -2.26. The number of piperidine rings is 1. The Morgan fingerprint density at radius 3 is 2.75 bits per heavy atom. The van der Waals surface area contributed by atoms with Crippen molar-refractivity contribution in [1.29, 1.82) is 0 Å². The molecule has 0 atom stereocenters. The van der Waals surface area contributed by atoms with Gasteiger partial charge >= 0.3 is 0 Å². The van der Waals surface area contributed by atoms with Crippen LogP contribution in [-0.2, 0) is 0 Å². The van der Waals surface area contributed by atoms with E-state index in [-0.39, 0.29) is 11.5 Å². The number of nitrogens with zero attached hydrogens (tertiary/aromatic N) is 3. The van der Waals surface area contributed by atoms with E-state index in [0.29, 0.717) is 10.9 Å². The summed E-state index contributed by atoms with van der Waals surface area (Å²) in [5.41, 5.74) is 3.18. The number of hydrogen-bond donors (Lipinski definition) is 1. The highest BCUT2D eigenvalue weighted by atomic mass is 16.2. The van der Waals surface area contributed by atoms with E-state index >= 15 is 0 Å². The fourth-order valence-electron chi connectivity index (χ4n) is 4.01. The molecule has 0 unspecified atom stereocenters. The minimum Gasteiger partial charge on any atom is -0.339 e. The number of benzene rings is 1. The number of aromatic amines is 1. The average molecular weight is 372 g/mol. The number of carbonyl (C=O) groups excluding carboxylic acids is 1. The molecule has 140 valence electrons. The summed E-state index contributed by atoms with van der Waals surface area (Å²) in [4.78, 5) is 29.5. The van der Waals surface area contributed by atoms with Crippen LogP contribution in [0.15, 0.2) is 59.7 Å². The summed E-state index contributed by atoms with van der Waals surface area (Å²) in [7, 11) is 0. The lowest BCUT2D eigenvalue weighted by atomic mass is 10.1. The first kappa shape index (κ1) is 16.7. The van der Waals surface area contributed by atoms with E-state index in [9.17, 15) is 9.59 Å². The van der Waals surface area contributed by atoms with Crippen LogP contribution in [0.25, 0.3) is 27.5 Å². The highest BCUT2D eigenvalue weighted by molar-refractivity contribution is 6.01. The molecule has 1 N–H and O–H groups in total. The van der Waals surface area contributed by atoms with Gasteiger partial charge in [0.2, 0.25) is 0 Å². The van der Waals surface area contributed by atoms with Crippen molar-refractivity contribution in [1.82, 2.24) is 19.5 Å². The number of hydrogen-bond acceptors (Lipinski definition) is 3. The van der Waals surface area contributed by atoms with Crippen LogP contribution in [0.5, 0.6) is 0 Å². The molecule has 1 aliphatic rings. The van der Waals surface area contributed by atoms with Gasteiger partial charge in [0, 0.05) is 30.2 Å². The van der Waals surface area contributed by atoms with E-state index in [1.807, 2.05) is 51.9 Å². The van der Waals surface area contributed by atoms with Crippen LogP contribution in [0.1, 0.15) is 29.6 Å². The van der Waals surface area contributed by atoms with E-state index in [4.69, 9.17) is 0 Å². The van der Waals surface area contributed by atoms with Crippen molar-refractivity contribution in [2.24, 2.45) is 0 Å². The first-order valence-corrected chi connectivity index (χ1v) is 9.60. The van der Waals surface area contributed by atoms with Gasteiger partial charge in [0.05, 0.1) is 23.0 Å². The summed E-state index contributed by atoms with van der Waals surface area (Å²) in [6.45, 7) is 1.63. The number of carbonyl (C=O) groups is 1. The third-order valence-electron chi connectivity index (χ3n) is 5.49. The summed E-state index contributed by atoms with van der Waals surface area (Å²) >= 11 is 0. The van der Waals surface area contributed by atoms with E-state index in [0.717, 1.165) is 48.1 Å².